The van der Waals surface area contributed by atoms with E-state index in [4.69, 9.17) is 0 Å². The van der Waals surface area contributed by atoms with Gasteiger partial charge in [-0.15, -0.1) is 11.3 Å². The lowest BCUT2D eigenvalue weighted by atomic mass is 9.76. The van der Waals surface area contributed by atoms with Crippen LogP contribution in [-0.4, -0.2) is 21.7 Å². The molecule has 0 spiro atoms. The Labute approximate surface area is 200 Å². The summed E-state index contributed by atoms with van der Waals surface area (Å²) in [5.74, 6) is 3.37. The molecule has 0 unspecified atom stereocenters. The summed E-state index contributed by atoms with van der Waals surface area (Å²) in [6, 6.07) is 16.5. The standard InChI is InChI=1S/C29H30N2OS/c1-17-11-13-33-25(17)10-12-31-27-18(2)14-21(15-24(27)20(4)28(32)29(31,5)6)23-9-7-8-22-19(3)16-30-26(22)23/h7-9,11,13-16,20,28,30,32H,1-6H3/t20-,28+/m1/s1. The number of hydrogen-bond acceptors (Lipinski definition) is 3. The predicted molar refractivity (Wildman–Crippen MR) is 140 cm³/mol. The van der Waals surface area contributed by atoms with Crippen molar-refractivity contribution in [2.45, 2.75) is 59.1 Å². The van der Waals surface area contributed by atoms with Crippen LogP contribution in [0.1, 0.15) is 53.8 Å². The van der Waals surface area contributed by atoms with Gasteiger partial charge in [-0.2, -0.15) is 0 Å². The summed E-state index contributed by atoms with van der Waals surface area (Å²) in [6.07, 6.45) is 1.53. The van der Waals surface area contributed by atoms with Crippen molar-refractivity contribution in [2.75, 3.05) is 4.90 Å². The summed E-state index contributed by atoms with van der Waals surface area (Å²) in [4.78, 5) is 6.63. The second-order valence-corrected chi connectivity index (χ2v) is 10.7. The van der Waals surface area contributed by atoms with E-state index in [1.54, 1.807) is 11.3 Å². The number of nitrogens with zero attached hydrogens (tertiary/aromatic N) is 1. The molecular weight excluding hydrogens is 424 g/mol. The smallest absolute Gasteiger partial charge is 0.0843 e. The van der Waals surface area contributed by atoms with Crippen molar-refractivity contribution in [1.29, 1.82) is 0 Å². The number of H-pyrrole nitrogens is 1. The highest BCUT2D eigenvalue weighted by Gasteiger charge is 2.44. The van der Waals surface area contributed by atoms with Crippen molar-refractivity contribution < 1.29 is 5.11 Å². The van der Waals surface area contributed by atoms with Gasteiger partial charge >= 0.3 is 0 Å². The lowest BCUT2D eigenvalue weighted by molar-refractivity contribution is 0.0757. The molecule has 0 radical (unpaired) electrons. The van der Waals surface area contributed by atoms with Crippen LogP contribution in [0.3, 0.4) is 0 Å². The molecule has 4 heteroatoms. The Morgan fingerprint density at radius 3 is 2.58 bits per heavy atom. The number of anilines is 1. The largest absolute Gasteiger partial charge is 0.390 e. The van der Waals surface area contributed by atoms with Crippen LogP contribution in [0, 0.1) is 32.7 Å². The molecule has 4 aromatic rings. The summed E-state index contributed by atoms with van der Waals surface area (Å²) in [5, 5.41) is 14.7. The molecule has 0 aliphatic carbocycles. The lowest BCUT2D eigenvalue weighted by Gasteiger charge is -2.48. The number of aliphatic hydroxyl groups is 1. The van der Waals surface area contributed by atoms with Crippen molar-refractivity contribution in [3.63, 3.8) is 0 Å². The third kappa shape index (κ3) is 3.39. The van der Waals surface area contributed by atoms with Crippen molar-refractivity contribution in [3.8, 4) is 23.1 Å². The number of aromatic nitrogens is 1. The molecule has 5 rings (SSSR count). The molecule has 3 heterocycles. The minimum Gasteiger partial charge on any atom is -0.390 e. The van der Waals surface area contributed by atoms with E-state index < -0.39 is 11.6 Å². The van der Waals surface area contributed by atoms with Crippen LogP contribution >= 0.6 is 11.3 Å². The third-order valence-electron chi connectivity index (χ3n) is 7.19. The highest BCUT2D eigenvalue weighted by molar-refractivity contribution is 7.10. The summed E-state index contributed by atoms with van der Waals surface area (Å²) in [6.45, 7) is 12.7. The summed E-state index contributed by atoms with van der Waals surface area (Å²) >= 11 is 1.66. The fraction of sp³-hybridized carbons (Fsp3) is 0.310. The first-order chi connectivity index (χ1) is 15.7. The quantitative estimate of drug-likeness (QED) is 0.307. The van der Waals surface area contributed by atoms with E-state index >= 15 is 0 Å². The van der Waals surface area contributed by atoms with Crippen LogP contribution in [-0.2, 0) is 0 Å². The predicted octanol–water partition coefficient (Wildman–Crippen LogP) is 6.89. The van der Waals surface area contributed by atoms with Crippen molar-refractivity contribution in [3.05, 3.63) is 75.1 Å². The molecule has 2 aromatic carbocycles. The molecule has 1 aliphatic heterocycles. The number of benzene rings is 2. The van der Waals surface area contributed by atoms with Gasteiger partial charge in [-0.1, -0.05) is 25.1 Å². The first-order valence-corrected chi connectivity index (χ1v) is 12.3. The molecule has 168 valence electrons. The first-order valence-electron chi connectivity index (χ1n) is 11.5. The summed E-state index contributed by atoms with van der Waals surface area (Å²) in [7, 11) is 0. The number of hydrogen-bond donors (Lipinski definition) is 2. The number of aromatic amines is 1. The second-order valence-electron chi connectivity index (χ2n) is 9.82. The van der Waals surface area contributed by atoms with Gasteiger partial charge in [0.2, 0.25) is 0 Å². The minimum absolute atomic E-state index is 0.000227. The third-order valence-corrected chi connectivity index (χ3v) is 8.13. The van der Waals surface area contributed by atoms with E-state index in [0.717, 1.165) is 21.6 Å². The first kappa shape index (κ1) is 21.8. The maximum Gasteiger partial charge on any atom is 0.0843 e. The van der Waals surface area contributed by atoms with E-state index in [2.05, 4.69) is 111 Å². The highest BCUT2D eigenvalue weighted by atomic mass is 32.1. The number of aryl methyl sites for hydroxylation is 3. The Morgan fingerprint density at radius 1 is 1.06 bits per heavy atom. The number of aliphatic hydroxyl groups excluding tert-OH is 1. The Morgan fingerprint density at radius 2 is 1.85 bits per heavy atom. The zero-order valence-electron chi connectivity index (χ0n) is 20.1. The van der Waals surface area contributed by atoms with E-state index in [9.17, 15) is 5.11 Å². The van der Waals surface area contributed by atoms with Crippen LogP contribution in [0.25, 0.3) is 22.0 Å². The second kappa shape index (κ2) is 7.80. The number of nitrogens with one attached hydrogen (secondary N) is 1. The van der Waals surface area contributed by atoms with Crippen molar-refractivity contribution in [1.82, 2.24) is 4.98 Å². The molecule has 0 saturated carbocycles. The fourth-order valence-electron chi connectivity index (χ4n) is 5.16. The number of thiophene rings is 1. The van der Waals surface area contributed by atoms with Crippen LogP contribution in [0.2, 0.25) is 0 Å². The SMILES string of the molecule is Cc1ccsc1C#CN1c2c(C)cc(-c3cccc4c(C)c[nH]c34)cc2[C@@H](C)[C@H](O)C1(C)C. The molecule has 3 nitrogen and oxygen atoms in total. The fourth-order valence-corrected chi connectivity index (χ4v) is 5.93. The van der Waals surface area contributed by atoms with Gasteiger partial charge in [-0.3, -0.25) is 4.90 Å². The van der Waals surface area contributed by atoms with Gasteiger partial charge in [-0.05, 0) is 91.9 Å². The molecule has 2 N–H and O–H groups in total. The molecule has 1 aliphatic rings. The molecule has 0 saturated heterocycles. The number of fused-ring (bicyclic) bond motifs is 2. The topological polar surface area (TPSA) is 39.3 Å². The average Bonchev–Trinajstić information content (AvgIpc) is 3.37. The van der Waals surface area contributed by atoms with Gasteiger partial charge in [0, 0.05) is 29.1 Å². The molecule has 2 atom stereocenters. The lowest BCUT2D eigenvalue weighted by Crippen LogP contribution is -2.56. The molecular formula is C29H30N2OS. The minimum atomic E-state index is -0.540. The Bertz CT molecular complexity index is 1430. The van der Waals surface area contributed by atoms with Crippen molar-refractivity contribution >= 4 is 27.9 Å². The highest BCUT2D eigenvalue weighted by Crippen LogP contribution is 2.47. The van der Waals surface area contributed by atoms with Gasteiger partial charge in [-0.25, -0.2) is 0 Å². The van der Waals surface area contributed by atoms with E-state index in [1.807, 2.05) is 0 Å². The average molecular weight is 455 g/mol. The normalized spacial score (nSPS) is 19.3. The van der Waals surface area contributed by atoms with E-state index in [-0.39, 0.29) is 5.92 Å². The Hall–Kier alpha value is -3.00. The number of rotatable bonds is 1. The van der Waals surface area contributed by atoms with E-state index in [1.165, 1.54) is 33.2 Å². The van der Waals surface area contributed by atoms with Gasteiger partial charge < -0.3 is 10.1 Å². The van der Waals surface area contributed by atoms with Gasteiger partial charge in [0.25, 0.3) is 0 Å². The van der Waals surface area contributed by atoms with Gasteiger partial charge in [0.15, 0.2) is 0 Å². The van der Waals surface area contributed by atoms with Crippen LogP contribution in [0.15, 0.2) is 48.0 Å². The number of para-hydroxylation sites is 1. The molecule has 0 amide bonds. The molecule has 33 heavy (non-hydrogen) atoms. The van der Waals surface area contributed by atoms with Crippen molar-refractivity contribution in [2.24, 2.45) is 0 Å². The summed E-state index contributed by atoms with van der Waals surface area (Å²) in [5.41, 5.74) is 8.88. The maximum atomic E-state index is 11.3. The summed E-state index contributed by atoms with van der Waals surface area (Å²) < 4.78 is 0. The van der Waals surface area contributed by atoms with E-state index in [0.29, 0.717) is 0 Å². The van der Waals surface area contributed by atoms with Crippen LogP contribution in [0.4, 0.5) is 5.69 Å². The maximum absolute atomic E-state index is 11.3. The Kier molecular flexibility index (Phi) is 5.16. The molecule has 2 aromatic heterocycles. The van der Waals surface area contributed by atoms with Crippen LogP contribution < -0.4 is 4.90 Å². The molecule has 0 fully saturated rings. The van der Waals surface area contributed by atoms with Gasteiger partial charge in [0.1, 0.15) is 0 Å². The zero-order chi connectivity index (χ0) is 23.5. The van der Waals surface area contributed by atoms with Gasteiger partial charge in [0.05, 0.1) is 27.7 Å². The monoisotopic (exact) mass is 454 g/mol. The molecule has 0 bridgehead atoms. The Balaban J connectivity index is 1.70. The zero-order valence-corrected chi connectivity index (χ0v) is 20.9. The van der Waals surface area contributed by atoms with Crippen LogP contribution in [0.5, 0.6) is 0 Å².